The largest absolute Gasteiger partial charge is 0.481 e. The normalized spacial score (nSPS) is 13.7. The monoisotopic (exact) mass is 318 g/mol. The lowest BCUT2D eigenvalue weighted by Crippen LogP contribution is -2.38. The molecule has 0 unspecified atom stereocenters. The molecule has 23 heavy (non-hydrogen) atoms. The Morgan fingerprint density at radius 1 is 1.22 bits per heavy atom. The number of carboxylic acid groups (broad SMARTS) is 1. The second-order valence-electron chi connectivity index (χ2n) is 6.08. The highest BCUT2D eigenvalue weighted by Crippen LogP contribution is 2.30. The van der Waals surface area contributed by atoms with Gasteiger partial charge >= 0.3 is 5.97 Å². The lowest BCUT2D eigenvalue weighted by Gasteiger charge is -2.26. The van der Waals surface area contributed by atoms with Crippen LogP contribution in [0.25, 0.3) is 0 Å². The molecule has 0 saturated heterocycles. The van der Waals surface area contributed by atoms with Crippen LogP contribution in [0.5, 0.6) is 0 Å². The van der Waals surface area contributed by atoms with Crippen LogP contribution in [0, 0.1) is 5.92 Å². The predicted octanol–water partition coefficient (Wildman–Crippen LogP) is 2.36. The van der Waals surface area contributed by atoms with Gasteiger partial charge in [0.1, 0.15) is 0 Å². The number of nitrogens with one attached hydrogen (secondary N) is 1. The van der Waals surface area contributed by atoms with E-state index in [0.29, 0.717) is 11.3 Å². The molecule has 124 valence electrons. The number of hydrogen-bond acceptors (Lipinski definition) is 3. The van der Waals surface area contributed by atoms with Crippen LogP contribution in [0.3, 0.4) is 0 Å². The topological polar surface area (TPSA) is 86.7 Å². The third kappa shape index (κ3) is 4.81. The van der Waals surface area contributed by atoms with Crippen LogP contribution in [0.4, 0.5) is 5.69 Å². The van der Waals surface area contributed by atoms with E-state index in [-0.39, 0.29) is 36.7 Å². The number of aliphatic carboxylic acids is 1. The first kappa shape index (κ1) is 17.0. The average molecular weight is 318 g/mol. The van der Waals surface area contributed by atoms with Crippen molar-refractivity contribution in [2.75, 3.05) is 11.9 Å². The Kier molecular flexibility index (Phi) is 5.36. The van der Waals surface area contributed by atoms with Gasteiger partial charge in [-0.05, 0) is 51.0 Å². The zero-order chi connectivity index (χ0) is 17.0. The van der Waals surface area contributed by atoms with E-state index in [0.717, 1.165) is 12.8 Å². The maximum atomic E-state index is 12.5. The molecule has 0 bridgehead atoms. The molecular weight excluding hydrogens is 296 g/mol. The molecule has 0 aliphatic heterocycles. The molecule has 0 spiro atoms. The van der Waals surface area contributed by atoms with Crippen LogP contribution >= 0.6 is 0 Å². The van der Waals surface area contributed by atoms with Crippen molar-refractivity contribution in [1.29, 1.82) is 0 Å². The summed E-state index contributed by atoms with van der Waals surface area (Å²) in [7, 11) is 0. The van der Waals surface area contributed by atoms with E-state index in [1.165, 1.54) is 4.90 Å². The van der Waals surface area contributed by atoms with E-state index >= 15 is 0 Å². The minimum Gasteiger partial charge on any atom is -0.481 e. The highest BCUT2D eigenvalue weighted by molar-refractivity contribution is 5.97. The van der Waals surface area contributed by atoms with Crippen molar-refractivity contribution in [2.45, 2.75) is 39.2 Å². The van der Waals surface area contributed by atoms with Gasteiger partial charge in [-0.15, -0.1) is 0 Å². The zero-order valence-electron chi connectivity index (χ0n) is 13.4. The van der Waals surface area contributed by atoms with Gasteiger partial charge in [0.15, 0.2) is 0 Å². The van der Waals surface area contributed by atoms with Gasteiger partial charge in [-0.1, -0.05) is 0 Å². The third-order valence-corrected chi connectivity index (χ3v) is 3.80. The predicted molar refractivity (Wildman–Crippen MR) is 86.2 cm³/mol. The molecule has 1 aromatic rings. The molecule has 6 heteroatoms. The first-order valence-corrected chi connectivity index (χ1v) is 7.82. The molecule has 0 heterocycles. The average Bonchev–Trinajstić information content (AvgIpc) is 3.32. The maximum Gasteiger partial charge on any atom is 0.305 e. The van der Waals surface area contributed by atoms with Crippen LogP contribution in [0.2, 0.25) is 0 Å². The minimum absolute atomic E-state index is 0.0225. The van der Waals surface area contributed by atoms with Gasteiger partial charge in [-0.3, -0.25) is 14.4 Å². The first-order chi connectivity index (χ1) is 10.9. The zero-order valence-corrected chi connectivity index (χ0v) is 13.4. The molecule has 6 nitrogen and oxygen atoms in total. The summed E-state index contributed by atoms with van der Waals surface area (Å²) in [6, 6.07) is 6.62. The van der Waals surface area contributed by atoms with E-state index in [1.54, 1.807) is 24.3 Å². The second-order valence-corrected chi connectivity index (χ2v) is 6.08. The molecular formula is C17H22N2O4. The molecule has 1 aliphatic rings. The molecule has 1 aliphatic carbocycles. The molecule has 2 amide bonds. The Labute approximate surface area is 135 Å². The summed E-state index contributed by atoms with van der Waals surface area (Å²) in [6.07, 6.45) is 1.80. The fourth-order valence-electron chi connectivity index (χ4n) is 2.26. The van der Waals surface area contributed by atoms with E-state index < -0.39 is 5.97 Å². The summed E-state index contributed by atoms with van der Waals surface area (Å²) in [4.78, 5) is 36.4. The van der Waals surface area contributed by atoms with Crippen molar-refractivity contribution in [3.05, 3.63) is 29.8 Å². The van der Waals surface area contributed by atoms with E-state index in [1.807, 2.05) is 13.8 Å². The van der Waals surface area contributed by atoms with Crippen LogP contribution < -0.4 is 5.32 Å². The standard InChI is InChI=1S/C17H22N2O4/c1-11(2)19(10-9-15(20)21)17(23)13-5-7-14(8-6-13)18-16(22)12-3-4-12/h5-8,11-12H,3-4,9-10H2,1-2H3,(H,18,22)(H,20,21). The minimum atomic E-state index is -0.929. The highest BCUT2D eigenvalue weighted by atomic mass is 16.4. The summed E-state index contributed by atoms with van der Waals surface area (Å²) in [5.74, 6) is -0.985. The van der Waals surface area contributed by atoms with Gasteiger partial charge in [0.25, 0.3) is 5.91 Å². The summed E-state index contributed by atoms with van der Waals surface area (Å²) >= 11 is 0. The number of hydrogen-bond donors (Lipinski definition) is 2. The van der Waals surface area contributed by atoms with Crippen molar-refractivity contribution in [1.82, 2.24) is 4.90 Å². The molecule has 0 radical (unpaired) electrons. The van der Waals surface area contributed by atoms with Crippen molar-refractivity contribution in [2.24, 2.45) is 5.92 Å². The van der Waals surface area contributed by atoms with Gasteiger partial charge in [-0.2, -0.15) is 0 Å². The second kappa shape index (κ2) is 7.26. The summed E-state index contributed by atoms with van der Waals surface area (Å²) in [5.41, 5.74) is 1.15. The SMILES string of the molecule is CC(C)N(CCC(=O)O)C(=O)c1ccc(NC(=O)C2CC2)cc1. The number of rotatable bonds is 7. The lowest BCUT2D eigenvalue weighted by atomic mass is 10.1. The summed E-state index contributed by atoms with van der Waals surface area (Å²) in [5, 5.41) is 11.6. The Hall–Kier alpha value is -2.37. The van der Waals surface area contributed by atoms with Crippen molar-refractivity contribution in [3.8, 4) is 0 Å². The summed E-state index contributed by atoms with van der Waals surface area (Å²) < 4.78 is 0. The van der Waals surface area contributed by atoms with Crippen LogP contribution in [-0.2, 0) is 9.59 Å². The number of benzene rings is 1. The van der Waals surface area contributed by atoms with Crippen LogP contribution in [0.15, 0.2) is 24.3 Å². The molecule has 0 atom stereocenters. The van der Waals surface area contributed by atoms with E-state index in [4.69, 9.17) is 5.11 Å². The van der Waals surface area contributed by atoms with Gasteiger partial charge in [-0.25, -0.2) is 0 Å². The number of nitrogens with zero attached hydrogens (tertiary/aromatic N) is 1. The molecule has 0 aromatic heterocycles. The van der Waals surface area contributed by atoms with Gasteiger partial charge in [0, 0.05) is 29.8 Å². The number of carboxylic acids is 1. The molecule has 2 rings (SSSR count). The molecule has 2 N–H and O–H groups in total. The number of anilines is 1. The van der Waals surface area contributed by atoms with Gasteiger partial charge in [0.05, 0.1) is 6.42 Å². The fourth-order valence-corrected chi connectivity index (χ4v) is 2.26. The molecule has 1 saturated carbocycles. The van der Waals surface area contributed by atoms with E-state index in [9.17, 15) is 14.4 Å². The first-order valence-electron chi connectivity index (χ1n) is 7.82. The number of amides is 2. The van der Waals surface area contributed by atoms with Crippen LogP contribution in [0.1, 0.15) is 43.5 Å². The van der Waals surface area contributed by atoms with Crippen molar-refractivity contribution < 1.29 is 19.5 Å². The Balaban J connectivity index is 2.01. The Bertz CT molecular complexity index is 591. The van der Waals surface area contributed by atoms with Gasteiger partial charge < -0.3 is 15.3 Å². The fraction of sp³-hybridized carbons (Fsp3) is 0.471. The maximum absolute atomic E-state index is 12.5. The van der Waals surface area contributed by atoms with Gasteiger partial charge in [0.2, 0.25) is 5.91 Å². The van der Waals surface area contributed by atoms with Crippen LogP contribution in [-0.4, -0.2) is 40.4 Å². The Morgan fingerprint density at radius 2 is 1.83 bits per heavy atom. The lowest BCUT2D eigenvalue weighted by molar-refractivity contribution is -0.137. The molecule has 1 fully saturated rings. The molecule has 1 aromatic carbocycles. The van der Waals surface area contributed by atoms with Crippen molar-refractivity contribution in [3.63, 3.8) is 0 Å². The van der Waals surface area contributed by atoms with E-state index in [2.05, 4.69) is 5.32 Å². The number of carbonyl (C=O) groups is 3. The highest BCUT2D eigenvalue weighted by Gasteiger charge is 2.29. The van der Waals surface area contributed by atoms with Crippen molar-refractivity contribution >= 4 is 23.5 Å². The number of carbonyl (C=O) groups excluding carboxylic acids is 2. The summed E-state index contributed by atoms with van der Waals surface area (Å²) in [6.45, 7) is 3.87. The smallest absolute Gasteiger partial charge is 0.305 e. The Morgan fingerprint density at radius 3 is 2.30 bits per heavy atom. The quantitative estimate of drug-likeness (QED) is 0.808. The third-order valence-electron chi connectivity index (χ3n) is 3.80.